The van der Waals surface area contributed by atoms with E-state index in [9.17, 15) is 21.6 Å². The third-order valence-electron chi connectivity index (χ3n) is 7.11. The minimum atomic E-state index is -5.08. The third kappa shape index (κ3) is 8.10. The maximum absolute atomic E-state index is 13.0. The molecule has 3 N–H and O–H groups in total. The lowest BCUT2D eigenvalue weighted by molar-refractivity contribution is -0.192. The van der Waals surface area contributed by atoms with Crippen molar-refractivity contribution in [3.05, 3.63) is 89.4 Å². The predicted molar refractivity (Wildman–Crippen MR) is 155 cm³/mol. The highest BCUT2D eigenvalue weighted by Crippen LogP contribution is 2.25. The number of H-pyrrole nitrogens is 1. The van der Waals surface area contributed by atoms with Crippen molar-refractivity contribution in [1.82, 2.24) is 14.9 Å². The Balaban J connectivity index is 0.000000517. The van der Waals surface area contributed by atoms with Gasteiger partial charge in [-0.05, 0) is 78.3 Å². The average molecular weight is 603 g/mol. The van der Waals surface area contributed by atoms with Gasteiger partial charge in [0.15, 0.2) is 0 Å². The second-order valence-electron chi connectivity index (χ2n) is 10.2. The first-order chi connectivity index (χ1) is 20.0. The van der Waals surface area contributed by atoms with Crippen LogP contribution in [0, 0.1) is 0 Å². The molecule has 3 heterocycles. The number of nitrogens with one attached hydrogen (secondary N) is 2. The summed E-state index contributed by atoms with van der Waals surface area (Å²) in [4.78, 5) is 19.2. The fraction of sp³-hybridized carbons (Fsp3) is 0.333. The number of anilines is 1. The normalized spacial score (nSPS) is 14.0. The number of pyridine rings is 1. The molecule has 1 aliphatic rings. The van der Waals surface area contributed by atoms with Gasteiger partial charge in [-0.2, -0.15) is 13.2 Å². The number of rotatable bonds is 8. The number of carboxylic acids is 1. The summed E-state index contributed by atoms with van der Waals surface area (Å²) in [5.74, 6) is -2.76. The average Bonchev–Trinajstić information content (AvgIpc) is 3.25. The molecule has 0 radical (unpaired) electrons. The van der Waals surface area contributed by atoms with Gasteiger partial charge in [-0.1, -0.05) is 31.5 Å². The van der Waals surface area contributed by atoms with Crippen LogP contribution in [-0.4, -0.2) is 53.6 Å². The van der Waals surface area contributed by atoms with Gasteiger partial charge in [0.05, 0.1) is 16.6 Å². The van der Waals surface area contributed by atoms with Gasteiger partial charge in [-0.25, -0.2) is 13.2 Å². The first-order valence-electron chi connectivity index (χ1n) is 13.6. The van der Waals surface area contributed by atoms with E-state index in [2.05, 4.69) is 44.8 Å². The van der Waals surface area contributed by atoms with E-state index in [4.69, 9.17) is 9.90 Å². The van der Waals surface area contributed by atoms with Crippen molar-refractivity contribution in [2.24, 2.45) is 0 Å². The Bertz CT molecular complexity index is 1620. The first-order valence-corrected chi connectivity index (χ1v) is 15.1. The lowest BCUT2D eigenvalue weighted by atomic mass is 10.0. The molecule has 0 aliphatic carbocycles. The lowest BCUT2D eigenvalue weighted by Crippen LogP contribution is -2.25. The Kier molecular flexibility index (Phi) is 9.89. The summed E-state index contributed by atoms with van der Waals surface area (Å²) >= 11 is 0. The molecule has 0 atom stereocenters. The third-order valence-corrected chi connectivity index (χ3v) is 8.51. The van der Waals surface area contributed by atoms with Crippen LogP contribution in [0.3, 0.4) is 0 Å². The number of alkyl halides is 3. The topological polar surface area (TPSA) is 115 Å². The summed E-state index contributed by atoms with van der Waals surface area (Å²) in [6, 6.07) is 15.3. The molecule has 2 aromatic heterocycles. The fourth-order valence-electron chi connectivity index (χ4n) is 4.83. The Hall–Kier alpha value is -3.90. The predicted octanol–water partition coefficient (Wildman–Crippen LogP) is 5.94. The standard InChI is InChI=1S/C28H32N4O2S.C2HF3O2/c1-2-3-4-21-5-9-26(10-6-21)35(33,34)31-25-8-7-22-12-15-32(16-13-23(22)17-25)20-24-18-30-28-19-29-14-11-27(24)28;3-2(4,5)1(6)7/h5-11,14,17-19,30-31H,2-4,12-13,15-16,20H2,1H3;(H,6,7). The minimum absolute atomic E-state index is 0.299. The molecule has 4 aromatic rings. The van der Waals surface area contributed by atoms with Crippen LogP contribution in [0.25, 0.3) is 10.9 Å². The Morgan fingerprint density at radius 1 is 1.07 bits per heavy atom. The summed E-state index contributed by atoms with van der Waals surface area (Å²) in [6.45, 7) is 4.94. The highest BCUT2D eigenvalue weighted by atomic mass is 32.2. The molecule has 0 saturated carbocycles. The molecular formula is C30H33F3N4O4S. The number of nitrogens with zero attached hydrogens (tertiary/aromatic N) is 2. The summed E-state index contributed by atoms with van der Waals surface area (Å²) < 4.78 is 60.5. The van der Waals surface area contributed by atoms with E-state index < -0.39 is 22.2 Å². The van der Waals surface area contributed by atoms with Crippen LogP contribution in [0.2, 0.25) is 0 Å². The zero-order valence-electron chi connectivity index (χ0n) is 23.1. The Morgan fingerprint density at radius 2 is 1.76 bits per heavy atom. The van der Waals surface area contributed by atoms with Gasteiger partial charge in [-0.15, -0.1) is 0 Å². The summed E-state index contributed by atoms with van der Waals surface area (Å²) in [6.07, 6.45) is 5.74. The summed E-state index contributed by atoms with van der Waals surface area (Å²) in [5, 5.41) is 8.34. The van der Waals surface area contributed by atoms with Crippen LogP contribution in [0.4, 0.5) is 18.9 Å². The molecule has 0 saturated heterocycles. The van der Waals surface area contributed by atoms with Gasteiger partial charge in [0, 0.05) is 43.1 Å². The molecule has 8 nitrogen and oxygen atoms in total. The highest BCUT2D eigenvalue weighted by molar-refractivity contribution is 7.92. The van der Waals surface area contributed by atoms with Crippen LogP contribution in [-0.2, 0) is 40.6 Å². The number of aromatic nitrogens is 2. The smallest absolute Gasteiger partial charge is 0.475 e. The van der Waals surface area contributed by atoms with Crippen LogP contribution in [0.15, 0.2) is 72.0 Å². The number of carbonyl (C=O) groups is 1. The number of hydrogen-bond acceptors (Lipinski definition) is 5. The zero-order chi connectivity index (χ0) is 30.3. The monoisotopic (exact) mass is 602 g/mol. The lowest BCUT2D eigenvalue weighted by Gasteiger charge is -2.19. The molecule has 0 spiro atoms. The van der Waals surface area contributed by atoms with Crippen molar-refractivity contribution >= 4 is 32.6 Å². The second kappa shape index (κ2) is 13.4. The van der Waals surface area contributed by atoms with E-state index >= 15 is 0 Å². The Morgan fingerprint density at radius 3 is 2.43 bits per heavy atom. The number of aryl methyl sites for hydroxylation is 1. The maximum atomic E-state index is 13.0. The molecule has 42 heavy (non-hydrogen) atoms. The van der Waals surface area contributed by atoms with E-state index in [-0.39, 0.29) is 0 Å². The number of aromatic amines is 1. The van der Waals surface area contributed by atoms with E-state index in [0.717, 1.165) is 57.3 Å². The number of sulfonamides is 1. The van der Waals surface area contributed by atoms with Crippen molar-refractivity contribution in [3.8, 4) is 0 Å². The molecule has 0 fully saturated rings. The summed E-state index contributed by atoms with van der Waals surface area (Å²) in [5.41, 5.74) is 6.64. The summed E-state index contributed by atoms with van der Waals surface area (Å²) in [7, 11) is -3.62. The number of benzene rings is 2. The number of halogens is 3. The van der Waals surface area contributed by atoms with Crippen LogP contribution < -0.4 is 4.72 Å². The molecule has 2 aromatic carbocycles. The quantitative estimate of drug-likeness (QED) is 0.230. The fourth-order valence-corrected chi connectivity index (χ4v) is 5.88. The second-order valence-corrected chi connectivity index (χ2v) is 11.8. The number of aliphatic carboxylic acids is 1. The van der Waals surface area contributed by atoms with Crippen molar-refractivity contribution in [2.45, 2.75) is 56.6 Å². The maximum Gasteiger partial charge on any atom is 0.490 e. The van der Waals surface area contributed by atoms with Crippen LogP contribution >= 0.6 is 0 Å². The number of carboxylic acid groups (broad SMARTS) is 1. The van der Waals surface area contributed by atoms with Crippen LogP contribution in [0.5, 0.6) is 0 Å². The largest absolute Gasteiger partial charge is 0.490 e. The SMILES string of the molecule is CCCCc1ccc(S(=O)(=O)Nc2ccc3c(c2)CCN(Cc2c[nH]c4cnccc24)CC3)cc1.O=C(O)C(F)(F)F. The van der Waals surface area contributed by atoms with E-state index in [1.54, 1.807) is 12.1 Å². The molecular weight excluding hydrogens is 569 g/mol. The van der Waals surface area contributed by atoms with E-state index in [0.29, 0.717) is 10.6 Å². The van der Waals surface area contributed by atoms with E-state index in [1.165, 1.54) is 27.6 Å². The van der Waals surface area contributed by atoms with Crippen molar-refractivity contribution < 1.29 is 31.5 Å². The van der Waals surface area contributed by atoms with Gasteiger partial charge in [0.1, 0.15) is 0 Å². The molecule has 12 heteroatoms. The van der Waals surface area contributed by atoms with Crippen molar-refractivity contribution in [2.75, 3.05) is 17.8 Å². The van der Waals surface area contributed by atoms with Gasteiger partial charge in [-0.3, -0.25) is 14.6 Å². The molecule has 224 valence electrons. The van der Waals surface area contributed by atoms with Gasteiger partial charge >= 0.3 is 12.1 Å². The number of unbranched alkanes of at least 4 members (excludes halogenated alkanes) is 1. The van der Waals surface area contributed by atoms with Crippen molar-refractivity contribution in [1.29, 1.82) is 0 Å². The highest BCUT2D eigenvalue weighted by Gasteiger charge is 2.38. The van der Waals surface area contributed by atoms with Gasteiger partial charge in [0.2, 0.25) is 0 Å². The zero-order valence-corrected chi connectivity index (χ0v) is 23.9. The van der Waals surface area contributed by atoms with E-state index in [1.807, 2.05) is 36.7 Å². The molecule has 0 unspecified atom stereocenters. The Labute approximate surface area is 242 Å². The molecule has 0 bridgehead atoms. The number of fused-ring (bicyclic) bond motifs is 2. The van der Waals surface area contributed by atoms with Crippen LogP contribution in [0.1, 0.15) is 42.0 Å². The van der Waals surface area contributed by atoms with Crippen molar-refractivity contribution in [3.63, 3.8) is 0 Å². The minimum Gasteiger partial charge on any atom is -0.475 e. The first kappa shape index (κ1) is 31.0. The number of hydrogen-bond donors (Lipinski definition) is 3. The molecule has 5 rings (SSSR count). The van der Waals surface area contributed by atoms with Gasteiger partial charge < -0.3 is 10.1 Å². The molecule has 0 amide bonds. The molecule has 1 aliphatic heterocycles. The van der Waals surface area contributed by atoms with Gasteiger partial charge in [0.25, 0.3) is 10.0 Å².